The van der Waals surface area contributed by atoms with Crippen LogP contribution in [0.25, 0.3) is 0 Å². The highest BCUT2D eigenvalue weighted by Crippen LogP contribution is 2.27. The summed E-state index contributed by atoms with van der Waals surface area (Å²) < 4.78 is 9.84. The van der Waals surface area contributed by atoms with E-state index < -0.39 is 75.8 Å². The Morgan fingerprint density at radius 2 is 1.32 bits per heavy atom. The molecule has 0 saturated carbocycles. The maximum Gasteiger partial charge on any atom is 0.407 e. The number of alkyl carbamates (subject to hydrolysis) is 1. The first-order valence-corrected chi connectivity index (χ1v) is 21.1. The molecule has 0 radical (unpaired) electrons. The summed E-state index contributed by atoms with van der Waals surface area (Å²) in [5, 5.41) is 13.6. The number of amides is 6. The van der Waals surface area contributed by atoms with E-state index in [1.807, 2.05) is 24.3 Å². The molecule has 0 fully saturated rings. The molecule has 334 valence electrons. The Bertz CT molecular complexity index is 1580. The minimum absolute atomic E-state index is 0.00107. The summed E-state index contributed by atoms with van der Waals surface area (Å²) in [6.45, 7) is 21.8. The van der Waals surface area contributed by atoms with Crippen molar-refractivity contribution in [1.29, 1.82) is 0 Å². The summed E-state index contributed by atoms with van der Waals surface area (Å²) in [5.74, 6) is -3.15. The minimum Gasteiger partial charge on any atom is -0.460 e. The zero-order valence-corrected chi connectivity index (χ0v) is 38.0. The molecule has 1 aromatic rings. The molecule has 1 rings (SSSR count). The van der Waals surface area contributed by atoms with Gasteiger partial charge in [-0.15, -0.1) is 11.8 Å². The molecule has 1 unspecified atom stereocenters. The monoisotopic (exact) mass is 850 g/mol. The quantitative estimate of drug-likeness (QED) is 0.0505. The first kappa shape index (κ1) is 52.6. The highest BCUT2D eigenvalue weighted by molar-refractivity contribution is 8.00. The van der Waals surface area contributed by atoms with Crippen LogP contribution in [0.2, 0.25) is 0 Å². The van der Waals surface area contributed by atoms with Crippen LogP contribution in [-0.4, -0.2) is 94.1 Å². The Morgan fingerprint density at radius 1 is 0.729 bits per heavy atom. The number of carbonyl (C=O) groups is 7. The predicted octanol–water partition coefficient (Wildman–Crippen LogP) is 3.61. The van der Waals surface area contributed by atoms with Gasteiger partial charge in [0.2, 0.25) is 29.5 Å². The topological polar surface area (TPSA) is 250 Å². The van der Waals surface area contributed by atoms with Crippen LogP contribution in [-0.2, 0) is 50.1 Å². The maximum absolute atomic E-state index is 14.2. The number of thioether (sulfide) groups is 1. The molecule has 9 N–H and O–H groups in total. The van der Waals surface area contributed by atoms with Gasteiger partial charge < -0.3 is 47.5 Å². The first-order valence-electron chi connectivity index (χ1n) is 20.1. The van der Waals surface area contributed by atoms with Crippen molar-refractivity contribution in [2.75, 3.05) is 12.4 Å². The maximum atomic E-state index is 14.2. The van der Waals surface area contributed by atoms with Gasteiger partial charge in [-0.25, -0.2) is 4.79 Å². The van der Waals surface area contributed by atoms with E-state index in [9.17, 15) is 33.6 Å². The van der Waals surface area contributed by atoms with Crippen molar-refractivity contribution in [3.63, 3.8) is 0 Å². The number of ether oxygens (including phenoxy) is 2. The van der Waals surface area contributed by atoms with Gasteiger partial charge in [-0.3, -0.25) is 28.8 Å². The lowest BCUT2D eigenvalue weighted by molar-refractivity contribution is -0.155. The van der Waals surface area contributed by atoms with Crippen molar-refractivity contribution >= 4 is 53.4 Å². The number of unbranched alkanes of at least 4 members (excludes halogenated alkanes) is 1. The molecule has 59 heavy (non-hydrogen) atoms. The largest absolute Gasteiger partial charge is 0.460 e. The third-order valence-electron chi connectivity index (χ3n) is 8.85. The molecule has 1 aromatic carbocycles. The molecular weight excluding hydrogens is 779 g/mol. The number of esters is 1. The second-order valence-corrected chi connectivity index (χ2v) is 19.9. The lowest BCUT2D eigenvalue weighted by Gasteiger charge is -2.31. The van der Waals surface area contributed by atoms with Gasteiger partial charge >= 0.3 is 12.1 Å². The smallest absolute Gasteiger partial charge is 0.407 e. The fraction of sp³-hybridized carbons (Fsp3) is 0.690. The summed E-state index contributed by atoms with van der Waals surface area (Å²) in [4.78, 5) is 89.8. The zero-order valence-electron chi connectivity index (χ0n) is 37.2. The second kappa shape index (κ2) is 23.4. The van der Waals surface area contributed by atoms with E-state index in [1.165, 1.54) is 18.7 Å². The normalized spacial score (nSPS) is 14.1. The Labute approximate surface area is 354 Å². The van der Waals surface area contributed by atoms with Crippen LogP contribution < -0.4 is 38.1 Å². The minimum atomic E-state index is -1.15. The molecular formula is C42H71N7O9S. The van der Waals surface area contributed by atoms with Crippen molar-refractivity contribution in [2.45, 2.75) is 174 Å². The average molecular weight is 850 g/mol. The molecule has 0 aliphatic heterocycles. The van der Waals surface area contributed by atoms with Gasteiger partial charge in [0, 0.05) is 43.5 Å². The Morgan fingerprint density at radius 3 is 1.85 bits per heavy atom. The summed E-state index contributed by atoms with van der Waals surface area (Å²) in [5.41, 5.74) is 12.3. The zero-order chi connectivity index (χ0) is 45.4. The van der Waals surface area contributed by atoms with Crippen LogP contribution in [0, 0.1) is 0 Å². The van der Waals surface area contributed by atoms with E-state index in [0.29, 0.717) is 12.8 Å². The molecule has 0 aromatic heterocycles. The number of nitrogens with one attached hydrogen (secondary N) is 5. The van der Waals surface area contributed by atoms with Crippen molar-refractivity contribution in [1.82, 2.24) is 26.6 Å². The molecule has 6 amide bonds. The fourth-order valence-electron chi connectivity index (χ4n) is 5.53. The van der Waals surface area contributed by atoms with Gasteiger partial charge in [-0.05, 0) is 97.6 Å². The van der Waals surface area contributed by atoms with E-state index >= 15 is 0 Å². The molecule has 0 heterocycles. The van der Waals surface area contributed by atoms with Gasteiger partial charge in [0.15, 0.2) is 0 Å². The first-order chi connectivity index (χ1) is 27.0. The van der Waals surface area contributed by atoms with Crippen molar-refractivity contribution < 1.29 is 43.0 Å². The number of primary amides is 1. The lowest BCUT2D eigenvalue weighted by atomic mass is 9.86. The Kier molecular flexibility index (Phi) is 20.9. The predicted molar refractivity (Wildman–Crippen MR) is 230 cm³/mol. The van der Waals surface area contributed by atoms with Gasteiger partial charge in [0.25, 0.3) is 0 Å². The summed E-state index contributed by atoms with van der Waals surface area (Å²) in [6.07, 6.45) is 0.139. The molecule has 4 atom stereocenters. The number of hydrogen-bond donors (Lipinski definition) is 7. The molecule has 17 heteroatoms. The number of benzene rings is 1. The van der Waals surface area contributed by atoms with Crippen LogP contribution in [0.4, 0.5) is 4.79 Å². The molecule has 0 spiro atoms. The standard InChI is InChI=1S/C42H71N7O9S/c1-26(50)46-25-59-42(11,12)34(43)37(55)49-31(23-27-16-18-28(19-17-27)39(2,3)4)36(54)47-29(20-21-33(52)57-40(5,6)7)24-32(51)48-30(35(44)53)15-13-14-22-45-38(56)58-41(8,9)10/h16-19,29-31,34H,13-15,20-25,43H2,1-12H3,(H2,44,53)(H,45,56)(H,46,50)(H,47,54)(H,48,51)(H,49,55)/t29-,30+,31-,34?/m0/s1. The number of nitrogens with two attached hydrogens (primary N) is 2. The highest BCUT2D eigenvalue weighted by atomic mass is 32.2. The number of rotatable bonds is 22. The second-order valence-electron chi connectivity index (χ2n) is 18.3. The van der Waals surface area contributed by atoms with Gasteiger partial charge in [0.05, 0.1) is 11.9 Å². The van der Waals surface area contributed by atoms with Crippen LogP contribution in [0.5, 0.6) is 0 Å². The van der Waals surface area contributed by atoms with Gasteiger partial charge in [0.1, 0.15) is 23.3 Å². The Balaban J connectivity index is 3.29. The third-order valence-corrected chi connectivity index (χ3v) is 10.1. The van der Waals surface area contributed by atoms with E-state index in [-0.39, 0.29) is 55.8 Å². The van der Waals surface area contributed by atoms with E-state index in [1.54, 1.807) is 55.4 Å². The third kappa shape index (κ3) is 22.5. The SMILES string of the molecule is CC(=O)NCSC(C)(C)C(N)C(=O)N[C@@H](Cc1ccc(C(C)(C)C)cc1)C(=O)N[C@@H](CCC(=O)OC(C)(C)C)CC(=O)N[C@H](CCCCNC(=O)OC(C)(C)C)C(N)=O. The molecule has 0 saturated heterocycles. The van der Waals surface area contributed by atoms with Crippen LogP contribution >= 0.6 is 11.8 Å². The van der Waals surface area contributed by atoms with E-state index in [4.69, 9.17) is 20.9 Å². The Hall–Kier alpha value is -4.38. The molecule has 0 aliphatic carbocycles. The van der Waals surface area contributed by atoms with Crippen molar-refractivity contribution in [3.8, 4) is 0 Å². The number of hydrogen-bond acceptors (Lipinski definition) is 11. The van der Waals surface area contributed by atoms with E-state index in [0.717, 1.165) is 11.1 Å². The average Bonchev–Trinajstić information content (AvgIpc) is 3.07. The van der Waals surface area contributed by atoms with Gasteiger partial charge in [-0.1, -0.05) is 45.0 Å². The summed E-state index contributed by atoms with van der Waals surface area (Å²) in [7, 11) is 0. The summed E-state index contributed by atoms with van der Waals surface area (Å²) in [6, 6.07) is 3.47. The van der Waals surface area contributed by atoms with E-state index in [2.05, 4.69) is 47.4 Å². The molecule has 0 aliphatic rings. The fourth-order valence-corrected chi connectivity index (χ4v) is 6.46. The van der Waals surface area contributed by atoms with Crippen molar-refractivity contribution in [3.05, 3.63) is 35.4 Å². The molecule has 0 bridgehead atoms. The highest BCUT2D eigenvalue weighted by Gasteiger charge is 2.35. The van der Waals surface area contributed by atoms with Gasteiger partial charge in [-0.2, -0.15) is 0 Å². The number of carbonyl (C=O) groups excluding carboxylic acids is 7. The van der Waals surface area contributed by atoms with Crippen LogP contribution in [0.15, 0.2) is 24.3 Å². The van der Waals surface area contributed by atoms with Crippen LogP contribution in [0.1, 0.15) is 133 Å². The van der Waals surface area contributed by atoms with Crippen LogP contribution in [0.3, 0.4) is 0 Å². The summed E-state index contributed by atoms with van der Waals surface area (Å²) >= 11 is 1.27. The lowest BCUT2D eigenvalue weighted by Crippen LogP contribution is -2.58. The molecule has 16 nitrogen and oxygen atoms in total. The van der Waals surface area contributed by atoms with Crippen molar-refractivity contribution in [2.24, 2.45) is 11.5 Å².